The van der Waals surface area contributed by atoms with Gasteiger partial charge in [-0.1, -0.05) is 0 Å². The maximum Gasteiger partial charge on any atom is 0.144 e. The molecular formula is C20H21N5O2. The molecule has 7 heteroatoms. The molecule has 1 fully saturated rings. The Morgan fingerprint density at radius 1 is 1.37 bits per heavy atom. The number of methoxy groups -OCH3 is 1. The van der Waals surface area contributed by atoms with Crippen LogP contribution in [0.15, 0.2) is 42.7 Å². The Labute approximate surface area is 157 Å². The molecule has 0 bridgehead atoms. The summed E-state index contributed by atoms with van der Waals surface area (Å²) in [7, 11) is 1.61. The zero-order valence-corrected chi connectivity index (χ0v) is 15.0. The Morgan fingerprint density at radius 2 is 2.26 bits per heavy atom. The SMILES string of the molecule is COc1ccc2nc(N[C@@H]3CC(Cn4cccn4)C[C@H]3O)c(C#N)cc2c1. The van der Waals surface area contributed by atoms with Crippen LogP contribution in [0.25, 0.3) is 10.9 Å². The highest BCUT2D eigenvalue weighted by Crippen LogP contribution is 2.31. The number of hydrogen-bond donors (Lipinski definition) is 2. The lowest BCUT2D eigenvalue weighted by atomic mass is 10.1. The predicted molar refractivity (Wildman–Crippen MR) is 101 cm³/mol. The minimum absolute atomic E-state index is 0.138. The molecule has 138 valence electrons. The zero-order chi connectivity index (χ0) is 18.8. The van der Waals surface area contributed by atoms with Crippen LogP contribution in [0.2, 0.25) is 0 Å². The Morgan fingerprint density at radius 3 is 3.00 bits per heavy atom. The van der Waals surface area contributed by atoms with Crippen molar-refractivity contribution in [2.24, 2.45) is 5.92 Å². The van der Waals surface area contributed by atoms with Crippen LogP contribution < -0.4 is 10.1 Å². The van der Waals surface area contributed by atoms with Crippen molar-refractivity contribution in [1.29, 1.82) is 5.26 Å². The monoisotopic (exact) mass is 363 g/mol. The number of rotatable bonds is 5. The smallest absolute Gasteiger partial charge is 0.144 e. The first-order valence-corrected chi connectivity index (χ1v) is 8.97. The van der Waals surface area contributed by atoms with Crippen molar-refractivity contribution in [2.75, 3.05) is 12.4 Å². The van der Waals surface area contributed by atoms with Crippen LogP contribution in [0.4, 0.5) is 5.82 Å². The van der Waals surface area contributed by atoms with Gasteiger partial charge in [-0.2, -0.15) is 10.4 Å². The summed E-state index contributed by atoms with van der Waals surface area (Å²) >= 11 is 0. The van der Waals surface area contributed by atoms with Crippen molar-refractivity contribution in [3.8, 4) is 11.8 Å². The van der Waals surface area contributed by atoms with Gasteiger partial charge in [0.1, 0.15) is 17.6 Å². The lowest BCUT2D eigenvalue weighted by Crippen LogP contribution is -2.28. The molecular weight excluding hydrogens is 342 g/mol. The normalized spacial score (nSPS) is 21.9. The number of benzene rings is 1. The molecule has 2 heterocycles. The van der Waals surface area contributed by atoms with Gasteiger partial charge >= 0.3 is 0 Å². The van der Waals surface area contributed by atoms with E-state index in [2.05, 4.69) is 21.5 Å². The quantitative estimate of drug-likeness (QED) is 0.723. The molecule has 0 spiro atoms. The molecule has 0 saturated heterocycles. The third kappa shape index (κ3) is 3.57. The summed E-state index contributed by atoms with van der Waals surface area (Å²) in [6, 6.07) is 11.3. The van der Waals surface area contributed by atoms with Crippen molar-refractivity contribution < 1.29 is 9.84 Å². The van der Waals surface area contributed by atoms with Crippen LogP contribution in [0.1, 0.15) is 18.4 Å². The average Bonchev–Trinajstić information content (AvgIpc) is 3.31. The van der Waals surface area contributed by atoms with Gasteiger partial charge in [-0.3, -0.25) is 4.68 Å². The highest BCUT2D eigenvalue weighted by Gasteiger charge is 2.33. The number of anilines is 1. The van der Waals surface area contributed by atoms with E-state index in [1.165, 1.54) is 0 Å². The molecule has 0 radical (unpaired) electrons. The summed E-state index contributed by atoms with van der Waals surface area (Å²) in [5.41, 5.74) is 1.23. The molecule has 1 aromatic carbocycles. The Kier molecular flexibility index (Phi) is 4.65. The van der Waals surface area contributed by atoms with Gasteiger partial charge in [0, 0.05) is 24.3 Å². The van der Waals surface area contributed by atoms with Gasteiger partial charge in [-0.05, 0) is 49.1 Å². The summed E-state index contributed by atoms with van der Waals surface area (Å²) in [4.78, 5) is 4.60. The number of fused-ring (bicyclic) bond motifs is 1. The van der Waals surface area contributed by atoms with E-state index in [1.54, 1.807) is 19.4 Å². The first-order valence-electron chi connectivity index (χ1n) is 8.97. The third-order valence-corrected chi connectivity index (χ3v) is 5.10. The molecule has 1 saturated carbocycles. The van der Waals surface area contributed by atoms with Gasteiger partial charge in [-0.25, -0.2) is 4.98 Å². The summed E-state index contributed by atoms with van der Waals surface area (Å²) < 4.78 is 7.13. The van der Waals surface area contributed by atoms with Crippen molar-refractivity contribution in [1.82, 2.24) is 14.8 Å². The molecule has 27 heavy (non-hydrogen) atoms. The van der Waals surface area contributed by atoms with E-state index in [4.69, 9.17) is 4.74 Å². The van der Waals surface area contributed by atoms with Crippen LogP contribution in [0, 0.1) is 17.2 Å². The summed E-state index contributed by atoms with van der Waals surface area (Å²) in [6.45, 7) is 0.776. The molecule has 0 aliphatic heterocycles. The Balaban J connectivity index is 1.54. The minimum Gasteiger partial charge on any atom is -0.497 e. The second-order valence-corrected chi connectivity index (χ2v) is 6.94. The zero-order valence-electron chi connectivity index (χ0n) is 15.0. The molecule has 0 amide bonds. The van der Waals surface area contributed by atoms with Gasteiger partial charge in [0.05, 0.1) is 30.3 Å². The fraction of sp³-hybridized carbons (Fsp3) is 0.350. The number of aliphatic hydroxyl groups is 1. The molecule has 3 atom stereocenters. The molecule has 1 aliphatic rings. The number of aliphatic hydroxyl groups excluding tert-OH is 1. The topological polar surface area (TPSA) is 96.0 Å². The maximum atomic E-state index is 10.5. The largest absolute Gasteiger partial charge is 0.497 e. The summed E-state index contributed by atoms with van der Waals surface area (Å²) in [5.74, 6) is 1.56. The van der Waals surface area contributed by atoms with E-state index in [0.717, 1.165) is 29.6 Å². The fourth-order valence-electron chi connectivity index (χ4n) is 3.75. The second kappa shape index (κ2) is 7.25. The highest BCUT2D eigenvalue weighted by molar-refractivity contribution is 5.84. The van der Waals surface area contributed by atoms with E-state index >= 15 is 0 Å². The number of nitriles is 1. The van der Waals surface area contributed by atoms with Gasteiger partial charge in [-0.15, -0.1) is 0 Å². The van der Waals surface area contributed by atoms with Crippen molar-refractivity contribution in [3.05, 3.63) is 48.3 Å². The van der Waals surface area contributed by atoms with Gasteiger partial charge in [0.2, 0.25) is 0 Å². The Bertz CT molecular complexity index is 980. The second-order valence-electron chi connectivity index (χ2n) is 6.94. The number of ether oxygens (including phenoxy) is 1. The van der Waals surface area contributed by atoms with Gasteiger partial charge in [0.25, 0.3) is 0 Å². The fourth-order valence-corrected chi connectivity index (χ4v) is 3.75. The molecule has 3 aromatic rings. The van der Waals surface area contributed by atoms with Crippen LogP contribution in [-0.4, -0.2) is 39.1 Å². The third-order valence-electron chi connectivity index (χ3n) is 5.10. The van der Waals surface area contributed by atoms with E-state index in [-0.39, 0.29) is 6.04 Å². The first kappa shape index (κ1) is 17.3. The Hall–Kier alpha value is -3.11. The molecule has 1 aliphatic carbocycles. The first-order chi connectivity index (χ1) is 13.2. The number of pyridine rings is 1. The maximum absolute atomic E-state index is 10.5. The number of aromatic nitrogens is 3. The van der Waals surface area contributed by atoms with Crippen molar-refractivity contribution >= 4 is 16.7 Å². The van der Waals surface area contributed by atoms with Crippen molar-refractivity contribution in [2.45, 2.75) is 31.5 Å². The number of nitrogens with zero attached hydrogens (tertiary/aromatic N) is 4. The van der Waals surface area contributed by atoms with Crippen molar-refractivity contribution in [3.63, 3.8) is 0 Å². The van der Waals surface area contributed by atoms with Gasteiger partial charge in [0.15, 0.2) is 0 Å². The van der Waals surface area contributed by atoms with E-state index < -0.39 is 6.10 Å². The molecule has 2 N–H and O–H groups in total. The number of hydrogen-bond acceptors (Lipinski definition) is 6. The van der Waals surface area contributed by atoms with Crippen LogP contribution in [-0.2, 0) is 6.54 Å². The molecule has 2 aromatic heterocycles. The lowest BCUT2D eigenvalue weighted by molar-refractivity contribution is 0.166. The van der Waals surface area contributed by atoms with Crippen LogP contribution in [0.3, 0.4) is 0 Å². The highest BCUT2D eigenvalue weighted by atomic mass is 16.5. The molecule has 1 unspecified atom stereocenters. The van der Waals surface area contributed by atoms with Crippen LogP contribution >= 0.6 is 0 Å². The molecule has 7 nitrogen and oxygen atoms in total. The summed E-state index contributed by atoms with van der Waals surface area (Å²) in [6.07, 6.45) is 4.71. The average molecular weight is 363 g/mol. The standard InChI is InChI=1S/C20H21N5O2/c1-27-16-3-4-17-14(10-16)9-15(11-21)20(23-17)24-18-7-13(8-19(18)26)12-25-6-2-5-22-25/h2-6,9-10,13,18-19,26H,7-8,12H2,1H3,(H,23,24)/t13?,18-,19-/m1/s1. The van der Waals surface area contributed by atoms with Crippen LogP contribution in [0.5, 0.6) is 5.75 Å². The van der Waals surface area contributed by atoms with E-state index in [0.29, 0.717) is 23.7 Å². The lowest BCUT2D eigenvalue weighted by Gasteiger charge is -2.18. The number of nitrogens with one attached hydrogen (secondary N) is 1. The van der Waals surface area contributed by atoms with E-state index in [9.17, 15) is 10.4 Å². The van der Waals surface area contributed by atoms with E-state index in [1.807, 2.05) is 35.1 Å². The molecule has 4 rings (SSSR count). The summed E-state index contributed by atoms with van der Waals surface area (Å²) in [5, 5.41) is 28.4. The minimum atomic E-state index is -0.481. The predicted octanol–water partition coefficient (Wildman–Crippen LogP) is 2.56. The van der Waals surface area contributed by atoms with Gasteiger partial charge < -0.3 is 15.2 Å².